The van der Waals surface area contributed by atoms with E-state index in [4.69, 9.17) is 19.9 Å². The lowest BCUT2D eigenvalue weighted by atomic mass is 10.00. The Morgan fingerprint density at radius 2 is 0.955 bits per heavy atom. The fraction of sp³-hybridized carbons (Fsp3) is 0. The van der Waals surface area contributed by atoms with Gasteiger partial charge in [0.15, 0.2) is 5.82 Å². The van der Waals surface area contributed by atoms with Crippen molar-refractivity contribution in [2.24, 2.45) is 0 Å². The predicted octanol–water partition coefficient (Wildman–Crippen LogP) is 9.91. The van der Waals surface area contributed by atoms with Crippen molar-refractivity contribution in [3.05, 3.63) is 158 Å². The summed E-state index contributed by atoms with van der Waals surface area (Å²) in [5, 5.41) is 3.43. The highest BCUT2D eigenvalue weighted by Gasteiger charge is 2.13. The fourth-order valence-electron chi connectivity index (χ4n) is 5.73. The zero-order valence-electron chi connectivity index (χ0n) is 23.8. The number of nitrogens with zero attached hydrogens (tertiary/aromatic N) is 4. The number of fused-ring (bicyclic) bond motifs is 3. The van der Waals surface area contributed by atoms with Gasteiger partial charge in [0.2, 0.25) is 0 Å². The molecular formula is C40H26N4. The van der Waals surface area contributed by atoms with Crippen LogP contribution in [0.15, 0.2) is 158 Å². The van der Waals surface area contributed by atoms with Crippen molar-refractivity contribution >= 4 is 21.7 Å². The van der Waals surface area contributed by atoms with Crippen molar-refractivity contribution in [1.82, 2.24) is 19.9 Å². The van der Waals surface area contributed by atoms with Crippen molar-refractivity contribution in [2.75, 3.05) is 0 Å². The second-order valence-electron chi connectivity index (χ2n) is 10.7. The van der Waals surface area contributed by atoms with Crippen LogP contribution in [-0.2, 0) is 0 Å². The minimum atomic E-state index is 0.702. The number of pyridine rings is 2. The van der Waals surface area contributed by atoms with E-state index in [1.54, 1.807) is 0 Å². The van der Waals surface area contributed by atoms with E-state index in [-0.39, 0.29) is 0 Å². The van der Waals surface area contributed by atoms with E-state index < -0.39 is 0 Å². The molecule has 3 aromatic heterocycles. The highest BCUT2D eigenvalue weighted by molar-refractivity contribution is 6.10. The molecule has 0 aliphatic heterocycles. The summed E-state index contributed by atoms with van der Waals surface area (Å²) in [6.07, 6.45) is 1.94. The zero-order chi connectivity index (χ0) is 29.3. The highest BCUT2D eigenvalue weighted by Crippen LogP contribution is 2.33. The molecule has 0 spiro atoms. The summed E-state index contributed by atoms with van der Waals surface area (Å²) in [5.41, 5.74) is 9.62. The molecule has 0 bridgehead atoms. The summed E-state index contributed by atoms with van der Waals surface area (Å²) >= 11 is 0. The lowest BCUT2D eigenvalue weighted by Crippen LogP contribution is -1.96. The lowest BCUT2D eigenvalue weighted by Gasteiger charge is -2.11. The molecule has 0 saturated carbocycles. The van der Waals surface area contributed by atoms with E-state index in [1.807, 2.05) is 60.8 Å². The first-order valence-electron chi connectivity index (χ1n) is 14.6. The summed E-state index contributed by atoms with van der Waals surface area (Å²) < 4.78 is 0. The smallest absolute Gasteiger partial charge is 0.160 e. The Kier molecular flexibility index (Phi) is 6.43. The number of para-hydroxylation sites is 1. The van der Waals surface area contributed by atoms with Crippen LogP contribution >= 0.6 is 0 Å². The average Bonchev–Trinajstić information content (AvgIpc) is 3.12. The van der Waals surface area contributed by atoms with E-state index in [0.717, 1.165) is 66.9 Å². The SMILES string of the molecule is c1ccc(-c2cc(-c3cccc(-c4ccc(-c5nc6ccccc6c6ccccc56)nc4)c3)nc(-c3ccccc3)n2)cc1. The minimum absolute atomic E-state index is 0.702. The topological polar surface area (TPSA) is 51.6 Å². The number of hydrogen-bond donors (Lipinski definition) is 0. The third kappa shape index (κ3) is 4.79. The van der Waals surface area contributed by atoms with Gasteiger partial charge in [0.05, 0.1) is 28.3 Å². The Balaban J connectivity index is 1.19. The molecule has 0 amide bonds. The summed E-state index contributed by atoms with van der Waals surface area (Å²) in [6.45, 7) is 0. The van der Waals surface area contributed by atoms with Gasteiger partial charge in [0, 0.05) is 39.2 Å². The van der Waals surface area contributed by atoms with Gasteiger partial charge in [-0.1, -0.05) is 127 Å². The third-order valence-corrected chi connectivity index (χ3v) is 7.93. The molecular weight excluding hydrogens is 536 g/mol. The Hall–Kier alpha value is -6.00. The predicted molar refractivity (Wildman–Crippen MR) is 180 cm³/mol. The van der Waals surface area contributed by atoms with Gasteiger partial charge in [-0.25, -0.2) is 15.0 Å². The summed E-state index contributed by atoms with van der Waals surface area (Å²) in [4.78, 5) is 19.9. The lowest BCUT2D eigenvalue weighted by molar-refractivity contribution is 1.18. The highest BCUT2D eigenvalue weighted by atomic mass is 14.9. The quantitative estimate of drug-likeness (QED) is 0.196. The van der Waals surface area contributed by atoms with Crippen LogP contribution in [0.2, 0.25) is 0 Å². The zero-order valence-corrected chi connectivity index (χ0v) is 23.8. The molecule has 0 radical (unpaired) electrons. The van der Waals surface area contributed by atoms with E-state index in [2.05, 4.69) is 97.1 Å². The van der Waals surface area contributed by atoms with Crippen molar-refractivity contribution < 1.29 is 0 Å². The largest absolute Gasteiger partial charge is 0.254 e. The van der Waals surface area contributed by atoms with Gasteiger partial charge in [-0.05, 0) is 35.2 Å². The number of aromatic nitrogens is 4. The molecule has 0 atom stereocenters. The van der Waals surface area contributed by atoms with E-state index >= 15 is 0 Å². The van der Waals surface area contributed by atoms with Gasteiger partial charge in [-0.2, -0.15) is 0 Å². The number of hydrogen-bond acceptors (Lipinski definition) is 4. The van der Waals surface area contributed by atoms with Gasteiger partial charge in [0.25, 0.3) is 0 Å². The second-order valence-corrected chi connectivity index (χ2v) is 10.7. The Morgan fingerprint density at radius 1 is 0.341 bits per heavy atom. The second kappa shape index (κ2) is 11.0. The third-order valence-electron chi connectivity index (χ3n) is 7.93. The van der Waals surface area contributed by atoms with Gasteiger partial charge < -0.3 is 0 Å². The molecule has 44 heavy (non-hydrogen) atoms. The Bertz CT molecular complexity index is 2200. The minimum Gasteiger partial charge on any atom is -0.254 e. The first-order chi connectivity index (χ1) is 21.8. The van der Waals surface area contributed by atoms with E-state index in [0.29, 0.717) is 5.82 Å². The Morgan fingerprint density at radius 3 is 1.70 bits per heavy atom. The molecule has 8 rings (SSSR count). The van der Waals surface area contributed by atoms with Crippen LogP contribution in [0.5, 0.6) is 0 Å². The maximum atomic E-state index is 5.02. The maximum Gasteiger partial charge on any atom is 0.160 e. The Labute approximate surface area is 255 Å². The molecule has 0 unspecified atom stereocenters. The first-order valence-corrected chi connectivity index (χ1v) is 14.6. The molecule has 0 saturated heterocycles. The molecule has 3 heterocycles. The molecule has 0 N–H and O–H groups in total. The van der Waals surface area contributed by atoms with E-state index in [1.165, 1.54) is 5.39 Å². The van der Waals surface area contributed by atoms with Gasteiger partial charge in [-0.3, -0.25) is 4.98 Å². The summed E-state index contributed by atoms with van der Waals surface area (Å²) in [6, 6.07) is 51.8. The van der Waals surface area contributed by atoms with Crippen molar-refractivity contribution in [1.29, 1.82) is 0 Å². The van der Waals surface area contributed by atoms with Crippen LogP contribution < -0.4 is 0 Å². The monoisotopic (exact) mass is 562 g/mol. The standard InChI is InChI=1S/C40H26N4/c1-3-12-27(13-4-1)37-25-38(44-40(43-37)28-14-5-2-6-15-28)30-17-11-16-29(24-30)31-22-23-36(41-26-31)39-34-20-8-7-18-32(34)33-19-9-10-21-35(33)42-39/h1-26H. The molecule has 0 aliphatic carbocycles. The summed E-state index contributed by atoms with van der Waals surface area (Å²) in [5.74, 6) is 0.702. The van der Waals surface area contributed by atoms with Crippen LogP contribution in [0, 0.1) is 0 Å². The molecule has 0 aliphatic rings. The summed E-state index contributed by atoms with van der Waals surface area (Å²) in [7, 11) is 0. The van der Waals surface area contributed by atoms with Crippen LogP contribution in [-0.4, -0.2) is 19.9 Å². The molecule has 5 aromatic carbocycles. The van der Waals surface area contributed by atoms with Crippen molar-refractivity contribution in [3.8, 4) is 56.4 Å². The molecule has 4 heteroatoms. The molecule has 8 aromatic rings. The molecule has 4 nitrogen and oxygen atoms in total. The maximum absolute atomic E-state index is 5.02. The van der Waals surface area contributed by atoms with Crippen LogP contribution in [0.3, 0.4) is 0 Å². The average molecular weight is 563 g/mol. The van der Waals surface area contributed by atoms with E-state index in [9.17, 15) is 0 Å². The molecule has 0 fully saturated rings. The van der Waals surface area contributed by atoms with Gasteiger partial charge >= 0.3 is 0 Å². The first kappa shape index (κ1) is 25.7. The van der Waals surface area contributed by atoms with Gasteiger partial charge in [-0.15, -0.1) is 0 Å². The van der Waals surface area contributed by atoms with Crippen LogP contribution in [0.1, 0.15) is 0 Å². The van der Waals surface area contributed by atoms with Crippen molar-refractivity contribution in [3.63, 3.8) is 0 Å². The van der Waals surface area contributed by atoms with Crippen LogP contribution in [0.4, 0.5) is 0 Å². The van der Waals surface area contributed by atoms with Gasteiger partial charge in [0.1, 0.15) is 0 Å². The number of benzene rings is 5. The normalized spacial score (nSPS) is 11.2. The fourth-order valence-corrected chi connectivity index (χ4v) is 5.73. The molecule has 206 valence electrons. The van der Waals surface area contributed by atoms with Crippen molar-refractivity contribution in [2.45, 2.75) is 0 Å². The number of rotatable bonds is 5. The van der Waals surface area contributed by atoms with Crippen LogP contribution in [0.25, 0.3) is 78.1 Å².